The first kappa shape index (κ1) is 22.9. The summed E-state index contributed by atoms with van der Waals surface area (Å²) < 4.78 is 12.8. The van der Waals surface area contributed by atoms with Gasteiger partial charge in [-0.2, -0.15) is 0 Å². The lowest BCUT2D eigenvalue weighted by Gasteiger charge is -2.19. The highest BCUT2D eigenvalue weighted by Gasteiger charge is 2.14. The molecule has 3 aromatic rings. The number of carbonyl (C=O) groups excluding carboxylic acids is 2. The van der Waals surface area contributed by atoms with E-state index in [0.717, 1.165) is 10.9 Å². The molecule has 0 aliphatic rings. The molecule has 1 aromatic heterocycles. The Morgan fingerprint density at radius 3 is 2.56 bits per heavy atom. The molecule has 0 aliphatic heterocycles. The summed E-state index contributed by atoms with van der Waals surface area (Å²) in [5, 5.41) is 3.86. The molecule has 0 atom stereocenters. The van der Waals surface area contributed by atoms with Crippen molar-refractivity contribution < 1.29 is 19.1 Å². The van der Waals surface area contributed by atoms with Gasteiger partial charge in [0.2, 0.25) is 5.91 Å². The number of carbonyl (C=O) groups is 2. The topological polar surface area (TPSA) is 72.8 Å². The summed E-state index contributed by atoms with van der Waals surface area (Å²) in [5.74, 6) is 0.851. The zero-order chi connectivity index (χ0) is 23.1. The van der Waals surface area contributed by atoms with Crippen molar-refractivity contribution in [3.8, 4) is 11.5 Å². The van der Waals surface area contributed by atoms with Crippen molar-refractivity contribution in [2.24, 2.45) is 0 Å². The number of amides is 2. The van der Waals surface area contributed by atoms with Crippen LogP contribution in [-0.2, 0) is 11.3 Å². The fraction of sp³-hybridized carbons (Fsp3) is 0.280. The molecule has 1 heterocycles. The van der Waals surface area contributed by atoms with Crippen LogP contribution in [0.3, 0.4) is 0 Å². The number of nitrogens with zero attached hydrogens (tertiary/aromatic N) is 2. The molecule has 2 amide bonds. The third-order valence-electron chi connectivity index (χ3n) is 5.23. The van der Waals surface area contributed by atoms with Crippen LogP contribution >= 0.6 is 0 Å². The second-order valence-corrected chi connectivity index (χ2v) is 7.20. The van der Waals surface area contributed by atoms with E-state index in [2.05, 4.69) is 11.9 Å². The maximum Gasteiger partial charge on any atom is 0.255 e. The van der Waals surface area contributed by atoms with Crippen molar-refractivity contribution in [3.63, 3.8) is 0 Å². The number of aromatic nitrogens is 1. The molecule has 2 aromatic carbocycles. The number of benzene rings is 2. The van der Waals surface area contributed by atoms with E-state index >= 15 is 0 Å². The number of fused-ring (bicyclic) bond motifs is 1. The largest absolute Gasteiger partial charge is 0.493 e. The van der Waals surface area contributed by atoms with Gasteiger partial charge in [0.25, 0.3) is 5.91 Å². The summed E-state index contributed by atoms with van der Waals surface area (Å²) in [7, 11) is 1.53. The Morgan fingerprint density at radius 1 is 1.09 bits per heavy atom. The fourth-order valence-corrected chi connectivity index (χ4v) is 3.52. The summed E-state index contributed by atoms with van der Waals surface area (Å²) in [6.07, 6.45) is 3.54. The van der Waals surface area contributed by atoms with Crippen LogP contribution in [0, 0.1) is 0 Å². The van der Waals surface area contributed by atoms with E-state index in [1.807, 2.05) is 53.8 Å². The Balaban J connectivity index is 1.74. The molecule has 0 saturated heterocycles. The van der Waals surface area contributed by atoms with Gasteiger partial charge in [-0.25, -0.2) is 0 Å². The molecule has 3 rings (SSSR count). The average molecular weight is 436 g/mol. The predicted octanol–water partition coefficient (Wildman–Crippen LogP) is 4.34. The number of nitrogens with one attached hydrogen (secondary N) is 1. The van der Waals surface area contributed by atoms with Gasteiger partial charge >= 0.3 is 0 Å². The van der Waals surface area contributed by atoms with E-state index in [1.165, 1.54) is 7.11 Å². The highest BCUT2D eigenvalue weighted by Crippen LogP contribution is 2.29. The number of rotatable bonds is 10. The molecule has 168 valence electrons. The lowest BCUT2D eigenvalue weighted by atomic mass is 10.1. The van der Waals surface area contributed by atoms with Gasteiger partial charge in [-0.15, -0.1) is 0 Å². The van der Waals surface area contributed by atoms with Gasteiger partial charge in [0.05, 0.1) is 7.11 Å². The van der Waals surface area contributed by atoms with Gasteiger partial charge in [-0.3, -0.25) is 9.59 Å². The van der Waals surface area contributed by atoms with Crippen LogP contribution in [0.4, 0.5) is 5.69 Å². The van der Waals surface area contributed by atoms with Crippen LogP contribution in [0.15, 0.2) is 61.3 Å². The molecular weight excluding hydrogens is 406 g/mol. The molecule has 0 fully saturated rings. The normalized spacial score (nSPS) is 10.6. The Morgan fingerprint density at radius 2 is 1.88 bits per heavy atom. The van der Waals surface area contributed by atoms with Crippen molar-refractivity contribution >= 4 is 28.4 Å². The maximum atomic E-state index is 12.8. The summed E-state index contributed by atoms with van der Waals surface area (Å²) >= 11 is 0. The quantitative estimate of drug-likeness (QED) is 0.481. The molecule has 7 heteroatoms. The lowest BCUT2D eigenvalue weighted by molar-refractivity contribution is -0.131. The minimum Gasteiger partial charge on any atom is -0.493 e. The second kappa shape index (κ2) is 10.5. The summed E-state index contributed by atoms with van der Waals surface area (Å²) in [6.45, 7) is 9.59. The van der Waals surface area contributed by atoms with Crippen molar-refractivity contribution in [1.82, 2.24) is 9.47 Å². The predicted molar refractivity (Wildman–Crippen MR) is 127 cm³/mol. The summed E-state index contributed by atoms with van der Waals surface area (Å²) in [6, 6.07) is 12.6. The lowest BCUT2D eigenvalue weighted by Crippen LogP contribution is -2.33. The van der Waals surface area contributed by atoms with Crippen LogP contribution < -0.4 is 14.8 Å². The number of hydrogen-bond donors (Lipinski definition) is 1. The molecule has 0 radical (unpaired) electrons. The van der Waals surface area contributed by atoms with E-state index < -0.39 is 0 Å². The van der Waals surface area contributed by atoms with Gasteiger partial charge in [0.15, 0.2) is 11.5 Å². The number of likely N-dealkylation sites (N-methyl/N-ethyl adjacent to an activating group) is 1. The third-order valence-corrected chi connectivity index (χ3v) is 5.23. The fourth-order valence-electron chi connectivity index (χ4n) is 3.52. The highest BCUT2D eigenvalue weighted by molar-refractivity contribution is 6.05. The van der Waals surface area contributed by atoms with Gasteiger partial charge < -0.3 is 24.3 Å². The molecule has 0 bridgehead atoms. The van der Waals surface area contributed by atoms with E-state index in [1.54, 1.807) is 24.3 Å². The monoisotopic (exact) mass is 435 g/mol. The van der Waals surface area contributed by atoms with E-state index in [4.69, 9.17) is 9.47 Å². The standard InChI is InChI=1S/C25H29N3O4/c1-5-14-32-22-11-8-19(16-23(22)31-4)25(30)26-20-9-10-21-18(15-20)12-13-28(21)17-24(29)27(6-2)7-3/h5,8-13,15-16H,1,6-7,14,17H2,2-4H3,(H,26,30). The number of ether oxygens (including phenoxy) is 2. The van der Waals surface area contributed by atoms with Crippen LogP contribution in [0.2, 0.25) is 0 Å². The Labute approximate surface area is 188 Å². The molecular formula is C25H29N3O4. The van der Waals surface area contributed by atoms with Gasteiger partial charge in [-0.05, 0) is 56.3 Å². The smallest absolute Gasteiger partial charge is 0.255 e. The summed E-state index contributed by atoms with van der Waals surface area (Å²) in [4.78, 5) is 27.0. The van der Waals surface area contributed by atoms with Crippen LogP contribution in [0.1, 0.15) is 24.2 Å². The highest BCUT2D eigenvalue weighted by atomic mass is 16.5. The Hall–Kier alpha value is -3.74. The molecule has 0 spiro atoms. The van der Waals surface area contributed by atoms with E-state index in [0.29, 0.717) is 42.4 Å². The number of methoxy groups -OCH3 is 1. The average Bonchev–Trinajstić information content (AvgIpc) is 3.20. The zero-order valence-corrected chi connectivity index (χ0v) is 18.8. The van der Waals surface area contributed by atoms with Gasteiger partial charge in [0.1, 0.15) is 13.2 Å². The van der Waals surface area contributed by atoms with Crippen molar-refractivity contribution in [1.29, 1.82) is 0 Å². The molecule has 1 N–H and O–H groups in total. The number of hydrogen-bond acceptors (Lipinski definition) is 4. The molecule has 0 unspecified atom stereocenters. The van der Waals surface area contributed by atoms with Crippen LogP contribution in [0.25, 0.3) is 10.9 Å². The van der Waals surface area contributed by atoms with Crippen LogP contribution in [-0.4, -0.2) is 48.1 Å². The minimum atomic E-state index is -0.255. The first-order valence-electron chi connectivity index (χ1n) is 10.6. The van der Waals surface area contributed by atoms with Gasteiger partial charge in [-0.1, -0.05) is 12.7 Å². The van der Waals surface area contributed by atoms with Gasteiger partial charge in [0, 0.05) is 41.4 Å². The van der Waals surface area contributed by atoms with Crippen molar-refractivity contribution in [3.05, 3.63) is 66.9 Å². The molecule has 0 saturated carbocycles. The SMILES string of the molecule is C=CCOc1ccc(C(=O)Nc2ccc3c(ccn3CC(=O)N(CC)CC)c2)cc1OC. The first-order valence-corrected chi connectivity index (χ1v) is 10.6. The molecule has 7 nitrogen and oxygen atoms in total. The Kier molecular flexibility index (Phi) is 7.54. The number of anilines is 1. The summed E-state index contributed by atoms with van der Waals surface area (Å²) in [5.41, 5.74) is 2.06. The van der Waals surface area contributed by atoms with E-state index in [9.17, 15) is 9.59 Å². The Bertz CT molecular complexity index is 1120. The third kappa shape index (κ3) is 5.11. The molecule has 0 aliphatic carbocycles. The van der Waals surface area contributed by atoms with Crippen molar-refractivity contribution in [2.45, 2.75) is 20.4 Å². The van der Waals surface area contributed by atoms with E-state index in [-0.39, 0.29) is 18.4 Å². The second-order valence-electron chi connectivity index (χ2n) is 7.20. The zero-order valence-electron chi connectivity index (χ0n) is 18.8. The van der Waals surface area contributed by atoms with Crippen LogP contribution in [0.5, 0.6) is 11.5 Å². The minimum absolute atomic E-state index is 0.0827. The van der Waals surface area contributed by atoms with Crippen molar-refractivity contribution in [2.75, 3.05) is 32.1 Å². The maximum absolute atomic E-state index is 12.8. The first-order chi connectivity index (χ1) is 15.5. The molecule has 32 heavy (non-hydrogen) atoms.